The average Bonchev–Trinajstić information content (AvgIpc) is 3.85. The Labute approximate surface area is 415 Å². The van der Waals surface area contributed by atoms with Gasteiger partial charge in [-0.2, -0.15) is 4.98 Å². The number of rotatable bonds is 13. The van der Waals surface area contributed by atoms with E-state index in [1.807, 2.05) is 34.1 Å². The number of methoxy groups -OCH3 is 1. The van der Waals surface area contributed by atoms with E-state index in [2.05, 4.69) is 72.6 Å². The number of imide groups is 1. The third-order valence-electron chi connectivity index (χ3n) is 14.3. The fraction of sp³-hybridized carbons (Fsp3) is 0.451. The van der Waals surface area contributed by atoms with Crippen LogP contribution in [0.3, 0.4) is 0 Å². The number of hydrogen-bond acceptors (Lipinski definition) is 13. The molecule has 2 aromatic heterocycles. The Kier molecular flexibility index (Phi) is 14.5. The first-order chi connectivity index (χ1) is 33.6. The van der Waals surface area contributed by atoms with Crippen molar-refractivity contribution in [3.05, 3.63) is 87.7 Å². The number of benzene rings is 3. The summed E-state index contributed by atoms with van der Waals surface area (Å²) in [5, 5.41) is 10.6. The first kappa shape index (κ1) is 49.3. The van der Waals surface area contributed by atoms with Crippen LogP contribution in [-0.4, -0.2) is 121 Å². The van der Waals surface area contributed by atoms with Gasteiger partial charge >= 0.3 is 0 Å². The maximum atomic E-state index is 15.3. The number of hydrogen-bond donors (Lipinski definition) is 3. The first-order valence-corrected chi connectivity index (χ1v) is 27.6. The second-order valence-corrected chi connectivity index (χ2v) is 23.1. The van der Waals surface area contributed by atoms with Gasteiger partial charge in [-0.1, -0.05) is 19.9 Å². The second-order valence-electron chi connectivity index (χ2n) is 19.0. The monoisotopic (exact) mass is 1040 g/mol. The van der Waals surface area contributed by atoms with Crippen LogP contribution < -0.4 is 35.8 Å². The molecule has 3 aromatic carbocycles. The number of piperidine rings is 2. The zero-order valence-electron chi connectivity index (χ0n) is 40.3. The molecule has 4 fully saturated rings. The molecule has 70 heavy (non-hydrogen) atoms. The lowest BCUT2D eigenvalue weighted by Gasteiger charge is -2.44. The van der Waals surface area contributed by atoms with Gasteiger partial charge in [0.25, 0.3) is 0 Å². The van der Waals surface area contributed by atoms with Crippen LogP contribution in [0.2, 0.25) is 0 Å². The molecule has 4 aliphatic heterocycles. The minimum Gasteiger partial charge on any atom is -0.494 e. The molecule has 4 saturated heterocycles. The predicted octanol–water partition coefficient (Wildman–Crippen LogP) is 8.09. The number of carbonyl (C=O) groups is 3. The summed E-state index contributed by atoms with van der Waals surface area (Å²) in [4.78, 5) is 60.6. The standard InChI is InChI=1S/C51H60BrF2N10O5P/c1-6-30-24-42(58-51-55-28-37(52)48(60-51)57-41-12-11-40-35(47(41)70(4,5)68)9-8-32(7-2)56-40)44(69-3)27-43(30)62-18-15-33(16-19-62)61-20-22-63(23-21-61)50(67)31-14-17-64(29-31)34-25-38(53)46(39(54)26-34)36-10-13-45(65)59-49(36)66/h8-9,11-12,24-28,31,33,36H,6-7,10,13-23,29H2,1-5H3,(H,59,65,66)(H2,55,57,58,60)/t31-,36-/m1/s1. The lowest BCUT2D eigenvalue weighted by Crippen LogP contribution is -2.55. The van der Waals surface area contributed by atoms with Crippen LogP contribution in [0, 0.1) is 17.6 Å². The van der Waals surface area contributed by atoms with Crippen LogP contribution in [0.1, 0.15) is 68.7 Å². The molecule has 15 nitrogen and oxygen atoms in total. The van der Waals surface area contributed by atoms with Crippen LogP contribution in [0.4, 0.5) is 43.3 Å². The molecule has 0 saturated carbocycles. The van der Waals surface area contributed by atoms with Crippen LogP contribution in [0.15, 0.2) is 59.2 Å². The molecule has 5 aromatic rings. The molecular formula is C51H60BrF2N10O5P. The predicted molar refractivity (Wildman–Crippen MR) is 274 cm³/mol. The van der Waals surface area contributed by atoms with Gasteiger partial charge in [-0.15, -0.1) is 0 Å². The third-order valence-corrected chi connectivity index (χ3v) is 16.5. The fourth-order valence-electron chi connectivity index (χ4n) is 10.6. The number of nitrogens with one attached hydrogen (secondary N) is 3. The van der Waals surface area contributed by atoms with Gasteiger partial charge in [-0.25, -0.2) is 13.8 Å². The van der Waals surface area contributed by atoms with Gasteiger partial charge in [-0.3, -0.25) is 29.6 Å². The summed E-state index contributed by atoms with van der Waals surface area (Å²) >= 11 is 3.62. The summed E-state index contributed by atoms with van der Waals surface area (Å²) in [5.41, 5.74) is 5.53. The Hall–Kier alpha value is -5.71. The molecule has 0 unspecified atom stereocenters. The first-order valence-electron chi connectivity index (χ1n) is 24.2. The smallest absolute Gasteiger partial charge is 0.234 e. The molecule has 4 aliphatic rings. The van der Waals surface area contributed by atoms with Crippen LogP contribution in [0.5, 0.6) is 5.75 Å². The molecule has 0 spiro atoms. The van der Waals surface area contributed by atoms with Crippen molar-refractivity contribution in [2.75, 3.05) is 93.2 Å². The number of carbonyl (C=O) groups excluding carboxylic acids is 3. The van der Waals surface area contributed by atoms with Gasteiger partial charge in [-0.05, 0) is 110 Å². The number of halogens is 3. The Balaban J connectivity index is 0.797. The van der Waals surface area contributed by atoms with E-state index in [1.165, 1.54) is 12.1 Å². The molecule has 0 radical (unpaired) electrons. The Morgan fingerprint density at radius 2 is 1.60 bits per heavy atom. The van der Waals surface area contributed by atoms with Crippen molar-refractivity contribution < 1.29 is 32.5 Å². The van der Waals surface area contributed by atoms with E-state index in [9.17, 15) is 18.9 Å². The second kappa shape index (κ2) is 20.6. The summed E-state index contributed by atoms with van der Waals surface area (Å²) in [5.74, 6) is -2.50. The summed E-state index contributed by atoms with van der Waals surface area (Å²) in [6.45, 7) is 13.2. The van der Waals surface area contributed by atoms with Gasteiger partial charge in [0, 0.05) is 110 Å². The highest BCUT2D eigenvalue weighted by molar-refractivity contribution is 9.10. The Morgan fingerprint density at radius 3 is 2.27 bits per heavy atom. The molecule has 0 aliphatic carbocycles. The number of pyridine rings is 1. The van der Waals surface area contributed by atoms with Crippen molar-refractivity contribution in [1.82, 2.24) is 30.1 Å². The molecule has 370 valence electrons. The quantitative estimate of drug-likeness (QED) is 0.0767. The molecule has 3 N–H and O–H groups in total. The minimum atomic E-state index is -2.76. The maximum Gasteiger partial charge on any atom is 0.234 e. The molecule has 19 heteroatoms. The average molecular weight is 1040 g/mol. The Bertz CT molecular complexity index is 2860. The highest BCUT2D eigenvalue weighted by atomic mass is 79.9. The number of ether oxygens (including phenoxy) is 1. The van der Waals surface area contributed by atoms with E-state index < -0.39 is 36.5 Å². The van der Waals surface area contributed by atoms with Gasteiger partial charge in [0.05, 0.1) is 40.3 Å². The number of fused-ring (bicyclic) bond motifs is 1. The van der Waals surface area contributed by atoms with E-state index in [-0.39, 0.29) is 30.2 Å². The number of aromatic nitrogens is 3. The fourth-order valence-corrected chi connectivity index (χ4v) is 12.4. The van der Waals surface area contributed by atoms with Crippen molar-refractivity contribution in [2.45, 2.75) is 70.8 Å². The largest absolute Gasteiger partial charge is 0.494 e. The van der Waals surface area contributed by atoms with Gasteiger partial charge in [0.2, 0.25) is 23.7 Å². The zero-order valence-corrected chi connectivity index (χ0v) is 42.8. The summed E-state index contributed by atoms with van der Waals surface area (Å²) in [6, 6.07) is 14.9. The molecule has 0 bridgehead atoms. The highest BCUT2D eigenvalue weighted by Gasteiger charge is 2.37. The number of nitrogens with zero attached hydrogens (tertiary/aromatic N) is 7. The Morgan fingerprint density at radius 1 is 0.871 bits per heavy atom. The number of aryl methyl sites for hydroxylation is 2. The zero-order chi connectivity index (χ0) is 49.4. The number of anilines is 6. The molecular weight excluding hydrogens is 981 g/mol. The van der Waals surface area contributed by atoms with Crippen molar-refractivity contribution in [3.8, 4) is 5.75 Å². The van der Waals surface area contributed by atoms with E-state index in [1.54, 1.807) is 26.6 Å². The maximum absolute atomic E-state index is 15.3. The van der Waals surface area contributed by atoms with Crippen LogP contribution in [-0.2, 0) is 31.8 Å². The van der Waals surface area contributed by atoms with E-state index >= 15 is 8.78 Å². The minimum absolute atomic E-state index is 0.0262. The molecule has 6 heterocycles. The van der Waals surface area contributed by atoms with Crippen molar-refractivity contribution in [1.29, 1.82) is 0 Å². The van der Waals surface area contributed by atoms with Crippen molar-refractivity contribution in [2.24, 2.45) is 5.92 Å². The number of piperazine rings is 1. The molecule has 9 rings (SSSR count). The van der Waals surface area contributed by atoms with Gasteiger partial charge < -0.3 is 34.6 Å². The molecule has 2 atom stereocenters. The lowest BCUT2D eigenvalue weighted by atomic mass is 9.89. The lowest BCUT2D eigenvalue weighted by molar-refractivity contribution is -0.137. The van der Waals surface area contributed by atoms with Crippen LogP contribution in [0.25, 0.3) is 10.9 Å². The summed E-state index contributed by atoms with van der Waals surface area (Å²) in [7, 11) is -1.10. The van der Waals surface area contributed by atoms with Gasteiger partial charge in [0.15, 0.2) is 0 Å². The normalized spacial score (nSPS) is 19.5. The molecule has 3 amide bonds. The van der Waals surface area contributed by atoms with Gasteiger partial charge in [0.1, 0.15) is 30.3 Å². The number of amides is 3. The topological polar surface area (TPSA) is 165 Å². The SMILES string of the molecule is CCc1ccc2c(P(C)(C)=O)c(Nc3nc(Nc4cc(CC)c(N5CCC(N6CCN(C(=O)[C@@H]7CCN(c8cc(F)c([C@H]9CCC(=O)NC9=O)c(F)c8)C7)CC6)CC5)cc4OC)ncc3Br)ccc2n1. The summed E-state index contributed by atoms with van der Waals surface area (Å²) in [6.07, 6.45) is 5.92. The summed E-state index contributed by atoms with van der Waals surface area (Å²) < 4.78 is 51.0. The van der Waals surface area contributed by atoms with Crippen LogP contribution >= 0.6 is 23.1 Å². The van der Waals surface area contributed by atoms with E-state index in [0.29, 0.717) is 72.0 Å². The van der Waals surface area contributed by atoms with Crippen molar-refractivity contribution >= 4 is 91.5 Å². The highest BCUT2D eigenvalue weighted by Crippen LogP contribution is 2.43. The third kappa shape index (κ3) is 10.2. The van der Waals surface area contributed by atoms with E-state index in [4.69, 9.17) is 14.7 Å². The van der Waals surface area contributed by atoms with Crippen molar-refractivity contribution in [3.63, 3.8) is 0 Å². The van der Waals surface area contributed by atoms with E-state index in [0.717, 1.165) is 90.7 Å².